The fourth-order valence-electron chi connectivity index (χ4n) is 2.39. The maximum atomic E-state index is 12.2. The summed E-state index contributed by atoms with van der Waals surface area (Å²) in [4.78, 5) is 17.9. The summed E-state index contributed by atoms with van der Waals surface area (Å²) in [7, 11) is 0. The zero-order valence-electron chi connectivity index (χ0n) is 15.0. The van der Waals surface area contributed by atoms with Crippen molar-refractivity contribution < 1.29 is 4.79 Å². The Labute approximate surface area is 164 Å². The van der Waals surface area contributed by atoms with Gasteiger partial charge >= 0.3 is 0 Å². The molecule has 138 valence electrons. The van der Waals surface area contributed by atoms with E-state index in [1.807, 2.05) is 20.1 Å². The predicted molar refractivity (Wildman–Crippen MR) is 112 cm³/mol. The predicted octanol–water partition coefficient (Wildman–Crippen LogP) is 4.11. The number of halogens is 1. The van der Waals surface area contributed by atoms with Gasteiger partial charge in [-0.3, -0.25) is 4.79 Å². The first kappa shape index (κ1) is 22.0. The van der Waals surface area contributed by atoms with Gasteiger partial charge in [0.05, 0.1) is 22.7 Å². The van der Waals surface area contributed by atoms with Crippen LogP contribution >= 0.6 is 35.5 Å². The molecule has 0 aliphatic heterocycles. The van der Waals surface area contributed by atoms with E-state index < -0.39 is 6.04 Å². The van der Waals surface area contributed by atoms with E-state index in [-0.39, 0.29) is 24.4 Å². The van der Waals surface area contributed by atoms with Crippen LogP contribution in [-0.2, 0) is 4.79 Å². The van der Waals surface area contributed by atoms with E-state index in [4.69, 9.17) is 5.73 Å². The summed E-state index contributed by atoms with van der Waals surface area (Å²) in [6, 6.07) is 7.79. The number of thioether (sulfide) groups is 1. The maximum absolute atomic E-state index is 12.2. The van der Waals surface area contributed by atoms with Crippen LogP contribution < -0.4 is 11.1 Å². The Balaban J connectivity index is 0.00000312. The monoisotopic (exact) mass is 399 g/mol. The third-order valence-electron chi connectivity index (χ3n) is 3.85. The SMILES string of the molecule is CSCC[C@H](N)C(=O)NC(C)c1sc(-c2ccc(C)cc2)nc1C.Cl. The lowest BCUT2D eigenvalue weighted by molar-refractivity contribution is -0.123. The van der Waals surface area contributed by atoms with Gasteiger partial charge in [0, 0.05) is 5.56 Å². The van der Waals surface area contributed by atoms with Gasteiger partial charge in [-0.1, -0.05) is 29.8 Å². The molecule has 0 saturated carbocycles. The van der Waals surface area contributed by atoms with Gasteiger partial charge in [-0.15, -0.1) is 23.7 Å². The number of nitrogens with two attached hydrogens (primary N) is 1. The van der Waals surface area contributed by atoms with Crippen LogP contribution in [0.15, 0.2) is 24.3 Å². The molecule has 1 heterocycles. The number of hydrogen-bond donors (Lipinski definition) is 2. The van der Waals surface area contributed by atoms with E-state index >= 15 is 0 Å². The topological polar surface area (TPSA) is 68.0 Å². The van der Waals surface area contributed by atoms with Crippen molar-refractivity contribution in [2.45, 2.75) is 39.3 Å². The van der Waals surface area contributed by atoms with Crippen LogP contribution in [0, 0.1) is 13.8 Å². The Bertz CT molecular complexity index is 688. The molecule has 2 atom stereocenters. The Kier molecular flexibility index (Phi) is 8.93. The van der Waals surface area contributed by atoms with Crippen molar-refractivity contribution in [2.75, 3.05) is 12.0 Å². The first-order valence-corrected chi connectivity index (χ1v) is 10.2. The molecular weight excluding hydrogens is 374 g/mol. The van der Waals surface area contributed by atoms with Gasteiger partial charge < -0.3 is 11.1 Å². The van der Waals surface area contributed by atoms with Crippen LogP contribution in [0.2, 0.25) is 0 Å². The minimum absolute atomic E-state index is 0. The third kappa shape index (κ3) is 5.99. The van der Waals surface area contributed by atoms with Crippen molar-refractivity contribution in [2.24, 2.45) is 5.73 Å². The number of benzene rings is 1. The molecule has 2 rings (SSSR count). The normalized spacial score (nSPS) is 13.0. The Hall–Kier alpha value is -1.08. The van der Waals surface area contributed by atoms with Crippen LogP contribution in [0.25, 0.3) is 10.6 Å². The second kappa shape index (κ2) is 10.2. The number of nitrogens with one attached hydrogen (secondary N) is 1. The Morgan fingerprint density at radius 3 is 2.56 bits per heavy atom. The molecule has 0 fully saturated rings. The molecule has 7 heteroatoms. The Morgan fingerprint density at radius 1 is 1.32 bits per heavy atom. The van der Waals surface area contributed by atoms with Gasteiger partial charge in [0.25, 0.3) is 0 Å². The average molecular weight is 400 g/mol. The second-order valence-electron chi connectivity index (χ2n) is 5.95. The second-order valence-corrected chi connectivity index (χ2v) is 7.97. The fraction of sp³-hybridized carbons (Fsp3) is 0.444. The first-order chi connectivity index (χ1) is 11.4. The van der Waals surface area contributed by atoms with Crippen molar-refractivity contribution in [1.29, 1.82) is 0 Å². The minimum atomic E-state index is -0.454. The smallest absolute Gasteiger partial charge is 0.237 e. The molecule has 0 spiro atoms. The van der Waals surface area contributed by atoms with Gasteiger partial charge in [0.1, 0.15) is 5.01 Å². The largest absolute Gasteiger partial charge is 0.347 e. The van der Waals surface area contributed by atoms with Crippen LogP contribution in [-0.4, -0.2) is 28.9 Å². The molecule has 1 aromatic carbocycles. The molecule has 3 N–H and O–H groups in total. The third-order valence-corrected chi connectivity index (χ3v) is 5.89. The molecule has 4 nitrogen and oxygen atoms in total. The molecule has 25 heavy (non-hydrogen) atoms. The van der Waals surface area contributed by atoms with Crippen molar-refractivity contribution in [3.05, 3.63) is 40.4 Å². The molecule has 1 aromatic heterocycles. The van der Waals surface area contributed by atoms with E-state index in [0.717, 1.165) is 26.9 Å². The van der Waals surface area contributed by atoms with E-state index in [0.29, 0.717) is 6.42 Å². The summed E-state index contributed by atoms with van der Waals surface area (Å²) < 4.78 is 0. The summed E-state index contributed by atoms with van der Waals surface area (Å²) in [6.45, 7) is 6.04. The number of carbonyl (C=O) groups is 1. The molecule has 1 unspecified atom stereocenters. The van der Waals surface area contributed by atoms with Gasteiger partial charge in [-0.25, -0.2) is 4.98 Å². The zero-order chi connectivity index (χ0) is 17.7. The van der Waals surface area contributed by atoms with Crippen LogP contribution in [0.1, 0.15) is 35.5 Å². The van der Waals surface area contributed by atoms with E-state index in [2.05, 4.69) is 41.5 Å². The fourth-order valence-corrected chi connectivity index (χ4v) is 3.95. The zero-order valence-corrected chi connectivity index (χ0v) is 17.5. The van der Waals surface area contributed by atoms with Crippen LogP contribution in [0.3, 0.4) is 0 Å². The van der Waals surface area contributed by atoms with Crippen molar-refractivity contribution in [3.63, 3.8) is 0 Å². The lowest BCUT2D eigenvalue weighted by Crippen LogP contribution is -2.41. The molecule has 2 aromatic rings. The Morgan fingerprint density at radius 2 is 1.96 bits per heavy atom. The van der Waals surface area contributed by atoms with Crippen molar-refractivity contribution in [3.8, 4) is 10.6 Å². The molecule has 0 aliphatic carbocycles. The van der Waals surface area contributed by atoms with Gasteiger partial charge in [0.15, 0.2) is 0 Å². The van der Waals surface area contributed by atoms with E-state index in [9.17, 15) is 4.79 Å². The quantitative estimate of drug-likeness (QED) is 0.735. The molecular formula is C18H26ClN3OS2. The number of hydrogen-bond acceptors (Lipinski definition) is 5. The van der Waals surface area contributed by atoms with E-state index in [1.54, 1.807) is 23.1 Å². The highest BCUT2D eigenvalue weighted by molar-refractivity contribution is 7.98. The number of aryl methyl sites for hydroxylation is 2. The molecule has 0 radical (unpaired) electrons. The highest BCUT2D eigenvalue weighted by atomic mass is 35.5. The number of thiazole rings is 1. The molecule has 1 amide bonds. The highest BCUT2D eigenvalue weighted by Gasteiger charge is 2.20. The number of amides is 1. The van der Waals surface area contributed by atoms with Gasteiger partial charge in [0.2, 0.25) is 5.91 Å². The minimum Gasteiger partial charge on any atom is -0.347 e. The average Bonchev–Trinajstić information content (AvgIpc) is 2.95. The number of nitrogens with zero attached hydrogens (tertiary/aromatic N) is 1. The standard InChI is InChI=1S/C18H25N3OS2.ClH/c1-11-5-7-14(8-6-11)18-21-13(3)16(24-18)12(2)20-17(22)15(19)9-10-23-4;/h5-8,12,15H,9-10,19H2,1-4H3,(H,20,22);1H/t12?,15-;/m0./s1. The van der Waals surface area contributed by atoms with Gasteiger partial charge in [-0.05, 0) is 39.2 Å². The van der Waals surface area contributed by atoms with Crippen molar-refractivity contribution >= 4 is 41.4 Å². The highest BCUT2D eigenvalue weighted by Crippen LogP contribution is 2.31. The van der Waals surface area contributed by atoms with E-state index in [1.165, 1.54) is 5.56 Å². The summed E-state index contributed by atoms with van der Waals surface area (Å²) in [5.74, 6) is 0.793. The summed E-state index contributed by atoms with van der Waals surface area (Å²) >= 11 is 3.33. The molecule has 0 aliphatic rings. The van der Waals surface area contributed by atoms with Crippen molar-refractivity contribution in [1.82, 2.24) is 10.3 Å². The van der Waals surface area contributed by atoms with Crippen LogP contribution in [0.5, 0.6) is 0 Å². The summed E-state index contributed by atoms with van der Waals surface area (Å²) in [5.41, 5.74) is 9.24. The number of carbonyl (C=O) groups excluding carboxylic acids is 1. The maximum Gasteiger partial charge on any atom is 0.237 e. The summed E-state index contributed by atoms with van der Waals surface area (Å²) in [5, 5.41) is 4.00. The lowest BCUT2D eigenvalue weighted by atomic mass is 10.1. The molecule has 0 saturated heterocycles. The van der Waals surface area contributed by atoms with Crippen LogP contribution in [0.4, 0.5) is 0 Å². The number of aromatic nitrogens is 1. The molecule has 0 bridgehead atoms. The van der Waals surface area contributed by atoms with Gasteiger partial charge in [-0.2, -0.15) is 11.8 Å². The first-order valence-electron chi connectivity index (χ1n) is 8.01. The lowest BCUT2D eigenvalue weighted by Gasteiger charge is -2.16. The number of rotatable bonds is 7. The summed E-state index contributed by atoms with van der Waals surface area (Å²) in [6.07, 6.45) is 2.70.